The van der Waals surface area contributed by atoms with Gasteiger partial charge >= 0.3 is 0 Å². The highest BCUT2D eigenvalue weighted by Gasteiger charge is 2.25. The fraction of sp³-hybridized carbons (Fsp3) is 0.364. The average Bonchev–Trinajstić information content (AvgIpc) is 3.18. The molecule has 153 valence electrons. The molecule has 1 radical (unpaired) electrons. The molecule has 3 aromatic rings. The lowest BCUT2D eigenvalue weighted by atomic mass is 9.97. The van der Waals surface area contributed by atoms with E-state index in [-0.39, 0.29) is 4.90 Å². The Kier molecular flexibility index (Phi) is 5.36. The van der Waals surface area contributed by atoms with Crippen LogP contribution in [0.2, 0.25) is 0 Å². The molecule has 1 saturated heterocycles. The number of anilines is 1. The van der Waals surface area contributed by atoms with Crippen molar-refractivity contribution in [1.29, 1.82) is 0 Å². The van der Waals surface area contributed by atoms with Crippen molar-refractivity contribution in [3.63, 3.8) is 0 Å². The van der Waals surface area contributed by atoms with E-state index in [4.69, 9.17) is 0 Å². The average molecular weight is 412 g/mol. The Morgan fingerprint density at radius 2 is 1.97 bits per heavy atom. The van der Waals surface area contributed by atoms with E-state index in [9.17, 15) is 8.42 Å². The second-order valence-electron chi connectivity index (χ2n) is 7.73. The van der Waals surface area contributed by atoms with Gasteiger partial charge < -0.3 is 5.01 Å². The summed E-state index contributed by atoms with van der Waals surface area (Å²) in [4.78, 5) is 4.66. The summed E-state index contributed by atoms with van der Waals surface area (Å²) in [6.45, 7) is 7.95. The summed E-state index contributed by atoms with van der Waals surface area (Å²) < 4.78 is 27.6. The van der Waals surface area contributed by atoms with Crippen LogP contribution in [0.5, 0.6) is 0 Å². The van der Waals surface area contributed by atoms with E-state index in [1.807, 2.05) is 26.1 Å². The van der Waals surface area contributed by atoms with Crippen LogP contribution in [-0.4, -0.2) is 42.5 Å². The number of aromatic nitrogens is 2. The molecule has 2 aromatic heterocycles. The Morgan fingerprint density at radius 3 is 2.69 bits per heavy atom. The number of hydrazine groups is 1. The van der Waals surface area contributed by atoms with Crippen LogP contribution >= 0.6 is 0 Å². The molecular formula is C22H27N4O2S. The first-order chi connectivity index (χ1) is 13.9. The van der Waals surface area contributed by atoms with Crippen LogP contribution in [-0.2, 0) is 10.0 Å². The van der Waals surface area contributed by atoms with E-state index >= 15 is 0 Å². The summed E-state index contributed by atoms with van der Waals surface area (Å²) in [6, 6.07) is 10.7. The maximum atomic E-state index is 13.2. The second-order valence-corrected chi connectivity index (χ2v) is 9.55. The number of nitrogens with zero attached hydrogens (tertiary/aromatic N) is 4. The molecule has 29 heavy (non-hydrogen) atoms. The Morgan fingerprint density at radius 1 is 1.21 bits per heavy atom. The lowest BCUT2D eigenvalue weighted by Crippen LogP contribution is -2.46. The minimum Gasteiger partial charge on any atom is -0.308 e. The minimum absolute atomic E-state index is 0.260. The highest BCUT2D eigenvalue weighted by Crippen LogP contribution is 2.30. The second kappa shape index (κ2) is 7.80. The fourth-order valence-corrected chi connectivity index (χ4v) is 5.31. The topological polar surface area (TPSA) is 58.4 Å². The molecule has 0 spiro atoms. The molecule has 0 N–H and O–H groups in total. The number of piperidine rings is 1. The molecule has 1 aliphatic rings. The van der Waals surface area contributed by atoms with E-state index in [1.54, 1.807) is 36.7 Å². The Bertz CT molecular complexity index is 1110. The molecule has 1 aromatic carbocycles. The zero-order valence-electron chi connectivity index (χ0n) is 17.0. The van der Waals surface area contributed by atoms with Gasteiger partial charge in [-0.2, -0.15) is 0 Å². The van der Waals surface area contributed by atoms with Gasteiger partial charge in [0.2, 0.25) is 0 Å². The van der Waals surface area contributed by atoms with Gasteiger partial charge in [-0.1, -0.05) is 24.6 Å². The van der Waals surface area contributed by atoms with Crippen molar-refractivity contribution in [3.05, 3.63) is 61.3 Å². The molecule has 1 fully saturated rings. The lowest BCUT2D eigenvalue weighted by Gasteiger charge is -2.39. The summed E-state index contributed by atoms with van der Waals surface area (Å²) in [5.74, 6) is 0.593. The molecule has 1 aliphatic heterocycles. The molecule has 1 unspecified atom stereocenters. The molecule has 1 atom stereocenters. The van der Waals surface area contributed by atoms with Crippen molar-refractivity contribution in [2.45, 2.75) is 31.1 Å². The van der Waals surface area contributed by atoms with Crippen LogP contribution in [0.3, 0.4) is 0 Å². The van der Waals surface area contributed by atoms with E-state index in [0.29, 0.717) is 11.6 Å². The van der Waals surface area contributed by atoms with Gasteiger partial charge in [0.05, 0.1) is 10.6 Å². The molecule has 0 aliphatic carbocycles. The first-order valence-electron chi connectivity index (χ1n) is 9.98. The number of rotatable bonds is 5. The largest absolute Gasteiger partial charge is 0.308 e. The summed E-state index contributed by atoms with van der Waals surface area (Å²) in [5, 5.41) is 5.27. The number of hydrogen-bond acceptors (Lipinski definition) is 5. The first-order valence-corrected chi connectivity index (χ1v) is 11.4. The van der Waals surface area contributed by atoms with Gasteiger partial charge in [0.15, 0.2) is 5.65 Å². The summed E-state index contributed by atoms with van der Waals surface area (Å²) in [6.07, 6.45) is 6.56. The quantitative estimate of drug-likeness (QED) is 0.638. The van der Waals surface area contributed by atoms with Crippen LogP contribution in [0.1, 0.15) is 24.8 Å². The number of fused-ring (bicyclic) bond motifs is 1. The maximum absolute atomic E-state index is 13.2. The molecule has 4 rings (SSSR count). The van der Waals surface area contributed by atoms with Crippen molar-refractivity contribution in [3.8, 4) is 0 Å². The van der Waals surface area contributed by atoms with E-state index in [2.05, 4.69) is 21.9 Å². The maximum Gasteiger partial charge on any atom is 0.269 e. The molecule has 0 amide bonds. The highest BCUT2D eigenvalue weighted by atomic mass is 32.2. The molecule has 6 nitrogen and oxygen atoms in total. The van der Waals surface area contributed by atoms with Crippen molar-refractivity contribution in [1.82, 2.24) is 14.0 Å². The molecule has 3 heterocycles. The number of benzene rings is 1. The van der Waals surface area contributed by atoms with Gasteiger partial charge in [-0.05, 0) is 56.4 Å². The molecule has 0 bridgehead atoms. The number of pyridine rings is 1. The zero-order valence-corrected chi connectivity index (χ0v) is 17.8. The van der Waals surface area contributed by atoms with Gasteiger partial charge in [0, 0.05) is 37.9 Å². The van der Waals surface area contributed by atoms with Crippen LogP contribution in [0, 0.1) is 19.8 Å². The smallest absolute Gasteiger partial charge is 0.269 e. The Balaban J connectivity index is 1.73. The normalized spacial score (nSPS) is 18.2. The molecule has 7 heteroatoms. The van der Waals surface area contributed by atoms with Gasteiger partial charge in [-0.15, -0.1) is 0 Å². The molecular weight excluding hydrogens is 384 g/mol. The third kappa shape index (κ3) is 3.65. The monoisotopic (exact) mass is 411 g/mol. The van der Waals surface area contributed by atoms with Crippen LogP contribution in [0.4, 0.5) is 5.69 Å². The zero-order chi connectivity index (χ0) is 20.6. The van der Waals surface area contributed by atoms with Gasteiger partial charge in [0.1, 0.15) is 0 Å². The van der Waals surface area contributed by atoms with E-state index < -0.39 is 10.0 Å². The van der Waals surface area contributed by atoms with Crippen molar-refractivity contribution < 1.29 is 8.42 Å². The van der Waals surface area contributed by atoms with Crippen molar-refractivity contribution >= 4 is 26.7 Å². The predicted molar refractivity (Wildman–Crippen MR) is 116 cm³/mol. The first kappa shape index (κ1) is 19.9. The third-order valence-corrected chi connectivity index (χ3v) is 7.47. The lowest BCUT2D eigenvalue weighted by molar-refractivity contribution is 0.168. The van der Waals surface area contributed by atoms with Crippen molar-refractivity contribution in [2.24, 2.45) is 5.92 Å². The molecule has 0 saturated carbocycles. The van der Waals surface area contributed by atoms with Gasteiger partial charge in [0.25, 0.3) is 10.0 Å². The summed E-state index contributed by atoms with van der Waals surface area (Å²) in [7, 11) is -1.67. The summed E-state index contributed by atoms with van der Waals surface area (Å²) in [5.41, 5.74) is 2.42. The summed E-state index contributed by atoms with van der Waals surface area (Å²) >= 11 is 0. The van der Waals surface area contributed by atoms with Gasteiger partial charge in [-0.25, -0.2) is 22.4 Å². The van der Waals surface area contributed by atoms with Crippen LogP contribution < -0.4 is 5.01 Å². The number of aryl methyl sites for hydroxylation is 1. The van der Waals surface area contributed by atoms with Crippen molar-refractivity contribution in [2.75, 3.05) is 25.1 Å². The van der Waals surface area contributed by atoms with Crippen LogP contribution in [0.25, 0.3) is 11.0 Å². The highest BCUT2D eigenvalue weighted by molar-refractivity contribution is 7.90. The van der Waals surface area contributed by atoms with E-state index in [0.717, 1.165) is 42.6 Å². The van der Waals surface area contributed by atoms with E-state index in [1.165, 1.54) is 10.4 Å². The third-order valence-electron chi connectivity index (χ3n) is 5.79. The predicted octanol–water partition coefficient (Wildman–Crippen LogP) is 3.87. The minimum atomic E-state index is -3.71. The Hall–Kier alpha value is -2.38. The standard InChI is InChI=1S/C22H27N4O2S/c1-4-18-6-5-14-25(16-18)24(3)21-11-13-23-22-20(21)12-15-26(22)29(27,28)19-9-7-17(2)8-10-19/h7-13,15,18H,1,4-6,14,16H2,2-3H3. The Labute approximate surface area is 172 Å². The van der Waals surface area contributed by atoms with Crippen LogP contribution in [0.15, 0.2) is 53.7 Å². The number of hydrogen-bond donors (Lipinski definition) is 0. The fourth-order valence-electron chi connectivity index (χ4n) is 4.00. The SMILES string of the molecule is [CH2]CC1CCCN(N(C)c2ccnc3c2ccn3S(=O)(=O)c2ccc(C)cc2)C1. The van der Waals surface area contributed by atoms with Gasteiger partial charge in [-0.3, -0.25) is 0 Å².